The molecule has 3 rings (SSSR count). The predicted octanol–water partition coefficient (Wildman–Crippen LogP) is 1.77. The molecule has 1 saturated heterocycles. The van der Waals surface area contributed by atoms with Gasteiger partial charge in [0.15, 0.2) is 5.69 Å². The Kier molecular flexibility index (Phi) is 4.86. The van der Waals surface area contributed by atoms with Gasteiger partial charge in [0.2, 0.25) is 0 Å². The maximum atomic E-state index is 12.6. The molecule has 0 saturated carbocycles. The van der Waals surface area contributed by atoms with E-state index in [0.29, 0.717) is 24.5 Å². The minimum absolute atomic E-state index is 0.126. The average molecular weight is 370 g/mol. The molecule has 2 N–H and O–H groups in total. The summed E-state index contributed by atoms with van der Waals surface area (Å²) >= 11 is 0. The second-order valence-electron chi connectivity index (χ2n) is 6.11. The molecular weight excluding hydrogens is 353 g/mol. The van der Waals surface area contributed by atoms with E-state index >= 15 is 0 Å². The van der Waals surface area contributed by atoms with Crippen molar-refractivity contribution < 1.29 is 27.6 Å². The SMILES string of the molecule is Cc1cc(C(=O)N[C@@H]2CCN(c3ccc(C(F)(F)F)cn3)C[C@H]2O)no1. The molecule has 2 atom stereocenters. The lowest BCUT2D eigenvalue weighted by Crippen LogP contribution is -2.54. The fraction of sp³-hybridized carbons (Fsp3) is 0.438. The Morgan fingerprint density at radius 2 is 2.19 bits per heavy atom. The van der Waals surface area contributed by atoms with Gasteiger partial charge in [-0.25, -0.2) is 4.98 Å². The van der Waals surface area contributed by atoms with Gasteiger partial charge >= 0.3 is 6.18 Å². The standard InChI is InChI=1S/C16H17F3N4O3/c1-9-6-12(22-26-9)15(25)21-11-4-5-23(8-13(11)24)14-3-2-10(7-20-14)16(17,18)19/h2-3,6-7,11,13,24H,4-5,8H2,1H3,(H,21,25)/t11-,13-/m1/s1. The Labute approximate surface area is 146 Å². The first-order chi connectivity index (χ1) is 12.2. The van der Waals surface area contributed by atoms with Gasteiger partial charge in [-0.15, -0.1) is 0 Å². The Bertz CT molecular complexity index is 776. The number of halogens is 3. The van der Waals surface area contributed by atoms with E-state index in [1.54, 1.807) is 11.8 Å². The van der Waals surface area contributed by atoms with Gasteiger partial charge in [-0.2, -0.15) is 13.2 Å². The summed E-state index contributed by atoms with van der Waals surface area (Å²) in [4.78, 5) is 17.6. The Hall–Kier alpha value is -2.62. The number of nitrogens with zero attached hydrogens (tertiary/aromatic N) is 3. The second kappa shape index (κ2) is 6.94. The van der Waals surface area contributed by atoms with Crippen LogP contribution in [0.15, 0.2) is 28.9 Å². The number of aliphatic hydroxyl groups excluding tert-OH is 1. The maximum Gasteiger partial charge on any atom is 0.417 e. The first-order valence-corrected chi connectivity index (χ1v) is 7.94. The number of amides is 1. The number of piperidine rings is 1. The van der Waals surface area contributed by atoms with Crippen molar-refractivity contribution in [2.75, 3.05) is 18.0 Å². The number of carbonyl (C=O) groups excluding carboxylic acids is 1. The van der Waals surface area contributed by atoms with Crippen LogP contribution >= 0.6 is 0 Å². The van der Waals surface area contributed by atoms with E-state index < -0.39 is 29.8 Å². The van der Waals surface area contributed by atoms with E-state index in [-0.39, 0.29) is 12.2 Å². The highest BCUT2D eigenvalue weighted by molar-refractivity contribution is 5.92. The van der Waals surface area contributed by atoms with Crippen LogP contribution in [0.4, 0.5) is 19.0 Å². The van der Waals surface area contributed by atoms with E-state index in [9.17, 15) is 23.1 Å². The number of pyridine rings is 1. The van der Waals surface area contributed by atoms with Crippen LogP contribution in [0.25, 0.3) is 0 Å². The van der Waals surface area contributed by atoms with E-state index in [0.717, 1.165) is 12.3 Å². The van der Waals surface area contributed by atoms with Gasteiger partial charge in [0, 0.05) is 25.4 Å². The van der Waals surface area contributed by atoms with Crippen LogP contribution in [-0.2, 0) is 6.18 Å². The van der Waals surface area contributed by atoms with Gasteiger partial charge < -0.3 is 19.8 Å². The third kappa shape index (κ3) is 3.96. The van der Waals surface area contributed by atoms with E-state index in [2.05, 4.69) is 15.5 Å². The first-order valence-electron chi connectivity index (χ1n) is 7.94. The molecule has 1 fully saturated rings. The van der Waals surface area contributed by atoms with Gasteiger partial charge in [-0.05, 0) is 25.5 Å². The molecule has 0 aliphatic carbocycles. The summed E-state index contributed by atoms with van der Waals surface area (Å²) in [6, 6.07) is 3.22. The molecule has 0 spiro atoms. The van der Waals surface area contributed by atoms with Crippen molar-refractivity contribution in [2.45, 2.75) is 31.7 Å². The summed E-state index contributed by atoms with van der Waals surface area (Å²) < 4.78 is 42.6. The molecule has 1 amide bonds. The number of alkyl halides is 3. The quantitative estimate of drug-likeness (QED) is 0.856. The topological polar surface area (TPSA) is 91.5 Å². The number of β-amino-alcohol motifs (C(OH)–C–C–N with tert-alkyl or cyclic N) is 1. The molecule has 0 unspecified atom stereocenters. The molecule has 7 nitrogen and oxygen atoms in total. The highest BCUT2D eigenvalue weighted by Gasteiger charge is 2.33. The van der Waals surface area contributed by atoms with Gasteiger partial charge in [-0.1, -0.05) is 5.16 Å². The Morgan fingerprint density at radius 3 is 2.73 bits per heavy atom. The van der Waals surface area contributed by atoms with Crippen LogP contribution in [0.2, 0.25) is 0 Å². The molecule has 1 aliphatic heterocycles. The highest BCUT2D eigenvalue weighted by Crippen LogP contribution is 2.29. The van der Waals surface area contributed by atoms with Crippen molar-refractivity contribution in [1.29, 1.82) is 0 Å². The van der Waals surface area contributed by atoms with Crippen LogP contribution in [-0.4, -0.2) is 46.4 Å². The molecule has 10 heteroatoms. The minimum atomic E-state index is -4.44. The van der Waals surface area contributed by atoms with E-state index in [1.807, 2.05) is 0 Å². The average Bonchev–Trinajstić information content (AvgIpc) is 3.02. The molecular formula is C16H17F3N4O3. The number of rotatable bonds is 3. The summed E-state index contributed by atoms with van der Waals surface area (Å²) in [5.74, 6) is 0.389. The van der Waals surface area contributed by atoms with Crippen LogP contribution < -0.4 is 10.2 Å². The molecule has 0 radical (unpaired) electrons. The summed E-state index contributed by atoms with van der Waals surface area (Å²) in [5, 5.41) is 16.6. The van der Waals surface area contributed by atoms with Crippen molar-refractivity contribution in [1.82, 2.24) is 15.5 Å². The van der Waals surface area contributed by atoms with Crippen LogP contribution in [0.1, 0.15) is 28.2 Å². The monoisotopic (exact) mass is 370 g/mol. The number of aromatic nitrogens is 2. The van der Waals surface area contributed by atoms with Crippen LogP contribution in [0.5, 0.6) is 0 Å². The number of nitrogens with one attached hydrogen (secondary N) is 1. The lowest BCUT2D eigenvalue weighted by molar-refractivity contribution is -0.137. The molecule has 26 heavy (non-hydrogen) atoms. The summed E-state index contributed by atoms with van der Waals surface area (Å²) in [6.45, 7) is 2.23. The molecule has 0 aromatic carbocycles. The Morgan fingerprint density at radius 1 is 1.42 bits per heavy atom. The molecule has 2 aromatic heterocycles. The van der Waals surface area contributed by atoms with Crippen molar-refractivity contribution in [2.24, 2.45) is 0 Å². The zero-order valence-corrected chi connectivity index (χ0v) is 13.8. The molecule has 140 valence electrons. The number of hydrogen-bond acceptors (Lipinski definition) is 6. The van der Waals surface area contributed by atoms with Gasteiger partial charge in [0.25, 0.3) is 5.91 Å². The maximum absolute atomic E-state index is 12.6. The lowest BCUT2D eigenvalue weighted by Gasteiger charge is -2.36. The van der Waals surface area contributed by atoms with Crippen molar-refractivity contribution in [3.63, 3.8) is 0 Å². The number of aryl methyl sites for hydroxylation is 1. The predicted molar refractivity (Wildman–Crippen MR) is 84.6 cm³/mol. The van der Waals surface area contributed by atoms with Gasteiger partial charge in [-0.3, -0.25) is 4.79 Å². The fourth-order valence-corrected chi connectivity index (χ4v) is 2.76. The number of aliphatic hydroxyl groups is 1. The number of hydrogen-bond donors (Lipinski definition) is 2. The number of carbonyl (C=O) groups is 1. The normalized spacial score (nSPS) is 20.9. The van der Waals surface area contributed by atoms with E-state index in [1.165, 1.54) is 12.1 Å². The zero-order chi connectivity index (χ0) is 18.9. The lowest BCUT2D eigenvalue weighted by atomic mass is 10.0. The van der Waals surface area contributed by atoms with E-state index in [4.69, 9.17) is 4.52 Å². The summed E-state index contributed by atoms with van der Waals surface area (Å²) in [6.07, 6.45) is -4.17. The third-order valence-electron chi connectivity index (χ3n) is 4.16. The largest absolute Gasteiger partial charge is 0.417 e. The molecule has 0 bridgehead atoms. The van der Waals surface area contributed by atoms with Gasteiger partial charge in [0.1, 0.15) is 11.6 Å². The highest BCUT2D eigenvalue weighted by atomic mass is 19.4. The van der Waals surface area contributed by atoms with Crippen molar-refractivity contribution in [3.8, 4) is 0 Å². The summed E-state index contributed by atoms with van der Waals surface area (Å²) in [7, 11) is 0. The second-order valence-corrected chi connectivity index (χ2v) is 6.11. The Balaban J connectivity index is 1.60. The molecule has 3 heterocycles. The zero-order valence-electron chi connectivity index (χ0n) is 13.8. The minimum Gasteiger partial charge on any atom is -0.389 e. The fourth-order valence-electron chi connectivity index (χ4n) is 2.76. The molecule has 1 aliphatic rings. The summed E-state index contributed by atoms with van der Waals surface area (Å²) in [5.41, 5.74) is -0.701. The van der Waals surface area contributed by atoms with Gasteiger partial charge in [0.05, 0.1) is 17.7 Å². The van der Waals surface area contributed by atoms with Crippen LogP contribution in [0.3, 0.4) is 0 Å². The number of anilines is 1. The smallest absolute Gasteiger partial charge is 0.389 e. The molecule has 2 aromatic rings. The van der Waals surface area contributed by atoms with Crippen molar-refractivity contribution >= 4 is 11.7 Å². The first kappa shape index (κ1) is 18.2. The third-order valence-corrected chi connectivity index (χ3v) is 4.16. The van der Waals surface area contributed by atoms with Crippen LogP contribution in [0, 0.1) is 6.92 Å². The van der Waals surface area contributed by atoms with Crippen molar-refractivity contribution in [3.05, 3.63) is 41.4 Å².